The summed E-state index contributed by atoms with van der Waals surface area (Å²) in [5, 5.41) is 2.92. The largest absolute Gasteiger partial charge is 0.352 e. The molecule has 0 bridgehead atoms. The van der Waals surface area contributed by atoms with Crippen LogP contribution in [0.4, 0.5) is 0 Å². The first-order valence-corrected chi connectivity index (χ1v) is 10.6. The third-order valence-corrected chi connectivity index (χ3v) is 5.78. The third kappa shape index (κ3) is 4.60. The SMILES string of the molecule is O=C(CCCN1C(=O)c2ccccc2C1=O)NCc1ccc(CN2CCCC2)cc1. The smallest absolute Gasteiger partial charge is 0.261 e. The molecule has 6 nitrogen and oxygen atoms in total. The quantitative estimate of drug-likeness (QED) is 0.686. The van der Waals surface area contributed by atoms with Gasteiger partial charge in [0, 0.05) is 26.1 Å². The number of nitrogens with zero attached hydrogens (tertiary/aromatic N) is 2. The Morgan fingerprint density at radius 2 is 1.47 bits per heavy atom. The summed E-state index contributed by atoms with van der Waals surface area (Å²) in [4.78, 5) is 40.5. The molecule has 0 saturated carbocycles. The zero-order valence-electron chi connectivity index (χ0n) is 17.1. The fraction of sp³-hybridized carbons (Fsp3) is 0.375. The monoisotopic (exact) mass is 405 g/mol. The van der Waals surface area contributed by atoms with Crippen LogP contribution < -0.4 is 5.32 Å². The van der Waals surface area contributed by atoms with E-state index in [0.29, 0.717) is 24.1 Å². The number of hydrogen-bond acceptors (Lipinski definition) is 4. The van der Waals surface area contributed by atoms with E-state index >= 15 is 0 Å². The minimum atomic E-state index is -0.273. The second-order valence-electron chi connectivity index (χ2n) is 7.99. The normalized spacial score (nSPS) is 16.2. The molecule has 2 aliphatic rings. The van der Waals surface area contributed by atoms with E-state index in [9.17, 15) is 14.4 Å². The molecule has 2 aliphatic heterocycles. The number of nitrogens with one attached hydrogen (secondary N) is 1. The molecule has 1 N–H and O–H groups in total. The summed E-state index contributed by atoms with van der Waals surface area (Å²) in [5.74, 6) is -0.622. The van der Waals surface area contributed by atoms with E-state index in [0.717, 1.165) is 12.1 Å². The molecule has 1 saturated heterocycles. The molecule has 0 atom stereocenters. The Bertz CT molecular complexity index is 898. The molecule has 156 valence electrons. The molecular formula is C24H27N3O3. The molecule has 0 unspecified atom stereocenters. The van der Waals surface area contributed by atoms with E-state index < -0.39 is 0 Å². The fourth-order valence-corrected chi connectivity index (χ4v) is 4.09. The molecule has 0 aromatic heterocycles. The van der Waals surface area contributed by atoms with Gasteiger partial charge >= 0.3 is 0 Å². The third-order valence-electron chi connectivity index (χ3n) is 5.78. The minimum Gasteiger partial charge on any atom is -0.352 e. The molecule has 0 radical (unpaired) electrons. The predicted octanol–water partition coefficient (Wildman–Crippen LogP) is 2.98. The van der Waals surface area contributed by atoms with Gasteiger partial charge in [0.05, 0.1) is 11.1 Å². The van der Waals surface area contributed by atoms with Gasteiger partial charge in [0.2, 0.25) is 5.91 Å². The van der Waals surface area contributed by atoms with Crippen molar-refractivity contribution in [2.24, 2.45) is 0 Å². The van der Waals surface area contributed by atoms with Crippen molar-refractivity contribution in [1.82, 2.24) is 15.1 Å². The van der Waals surface area contributed by atoms with Crippen molar-refractivity contribution >= 4 is 17.7 Å². The minimum absolute atomic E-state index is 0.0762. The lowest BCUT2D eigenvalue weighted by atomic mass is 10.1. The van der Waals surface area contributed by atoms with E-state index in [1.54, 1.807) is 24.3 Å². The summed E-state index contributed by atoms with van der Waals surface area (Å²) in [5.41, 5.74) is 3.25. The van der Waals surface area contributed by atoms with Crippen molar-refractivity contribution in [1.29, 1.82) is 0 Å². The van der Waals surface area contributed by atoms with E-state index in [2.05, 4.69) is 34.5 Å². The average Bonchev–Trinajstić information content (AvgIpc) is 3.36. The van der Waals surface area contributed by atoms with Crippen LogP contribution in [-0.2, 0) is 17.9 Å². The molecule has 6 heteroatoms. The van der Waals surface area contributed by atoms with Crippen LogP contribution in [0.25, 0.3) is 0 Å². The summed E-state index contributed by atoms with van der Waals surface area (Å²) in [6.07, 6.45) is 3.31. The number of carbonyl (C=O) groups is 3. The van der Waals surface area contributed by atoms with Crippen molar-refractivity contribution < 1.29 is 14.4 Å². The predicted molar refractivity (Wildman–Crippen MR) is 114 cm³/mol. The number of amides is 3. The van der Waals surface area contributed by atoms with Gasteiger partial charge in [0.15, 0.2) is 0 Å². The molecule has 30 heavy (non-hydrogen) atoms. The standard InChI is InChI=1S/C24H27N3O3/c28-22(8-5-15-27-23(29)20-6-1-2-7-21(20)24(27)30)25-16-18-9-11-19(12-10-18)17-26-13-3-4-14-26/h1-2,6-7,9-12H,3-5,8,13-17H2,(H,25,28). The van der Waals surface area contributed by atoms with Crippen LogP contribution in [0.3, 0.4) is 0 Å². The Kier molecular flexibility index (Phi) is 6.23. The first-order valence-electron chi connectivity index (χ1n) is 10.6. The maximum absolute atomic E-state index is 12.3. The molecule has 1 fully saturated rings. The zero-order chi connectivity index (χ0) is 20.9. The van der Waals surface area contributed by atoms with E-state index in [4.69, 9.17) is 0 Å². The highest BCUT2D eigenvalue weighted by molar-refractivity contribution is 6.21. The van der Waals surface area contributed by atoms with Crippen LogP contribution in [0.2, 0.25) is 0 Å². The summed E-state index contributed by atoms with van der Waals surface area (Å²) >= 11 is 0. The van der Waals surface area contributed by atoms with Gasteiger partial charge in [-0.3, -0.25) is 24.2 Å². The van der Waals surface area contributed by atoms with Crippen LogP contribution in [0.15, 0.2) is 48.5 Å². The summed E-state index contributed by atoms with van der Waals surface area (Å²) in [6, 6.07) is 15.2. The first-order chi connectivity index (χ1) is 14.6. The lowest BCUT2D eigenvalue weighted by Crippen LogP contribution is -2.32. The van der Waals surface area contributed by atoms with Gasteiger partial charge in [-0.15, -0.1) is 0 Å². The number of rotatable bonds is 8. The summed E-state index contributed by atoms with van der Waals surface area (Å²) in [7, 11) is 0. The van der Waals surface area contributed by atoms with E-state index in [1.165, 1.54) is 36.4 Å². The van der Waals surface area contributed by atoms with Crippen LogP contribution in [0, 0.1) is 0 Å². The Balaban J connectivity index is 1.18. The Morgan fingerprint density at radius 3 is 2.10 bits per heavy atom. The maximum Gasteiger partial charge on any atom is 0.261 e. The van der Waals surface area contributed by atoms with Gasteiger partial charge in [-0.1, -0.05) is 36.4 Å². The molecule has 0 spiro atoms. The molecule has 2 heterocycles. The Hall–Kier alpha value is -2.99. The maximum atomic E-state index is 12.3. The highest BCUT2D eigenvalue weighted by Crippen LogP contribution is 2.22. The van der Waals surface area contributed by atoms with Gasteiger partial charge in [0.25, 0.3) is 11.8 Å². The number of likely N-dealkylation sites (tertiary alicyclic amines) is 1. The molecule has 2 aromatic carbocycles. The van der Waals surface area contributed by atoms with Crippen molar-refractivity contribution in [3.8, 4) is 0 Å². The van der Waals surface area contributed by atoms with Gasteiger partial charge in [-0.05, 0) is 55.6 Å². The number of benzene rings is 2. The molecule has 4 rings (SSSR count). The van der Waals surface area contributed by atoms with Gasteiger partial charge < -0.3 is 5.32 Å². The van der Waals surface area contributed by atoms with Crippen LogP contribution >= 0.6 is 0 Å². The Morgan fingerprint density at radius 1 is 0.867 bits per heavy atom. The number of carbonyl (C=O) groups excluding carboxylic acids is 3. The van der Waals surface area contributed by atoms with Crippen molar-refractivity contribution in [3.05, 3.63) is 70.8 Å². The highest BCUT2D eigenvalue weighted by Gasteiger charge is 2.34. The van der Waals surface area contributed by atoms with Crippen molar-refractivity contribution in [2.75, 3.05) is 19.6 Å². The fourth-order valence-electron chi connectivity index (χ4n) is 4.09. The number of fused-ring (bicyclic) bond motifs is 1. The number of hydrogen-bond donors (Lipinski definition) is 1. The van der Waals surface area contributed by atoms with Gasteiger partial charge in [-0.2, -0.15) is 0 Å². The molecular weight excluding hydrogens is 378 g/mol. The van der Waals surface area contributed by atoms with Crippen molar-refractivity contribution in [2.45, 2.75) is 38.8 Å². The molecule has 2 aromatic rings. The van der Waals surface area contributed by atoms with Crippen LogP contribution in [-0.4, -0.2) is 47.2 Å². The highest BCUT2D eigenvalue weighted by atomic mass is 16.2. The molecule has 0 aliphatic carbocycles. The average molecular weight is 405 g/mol. The second-order valence-corrected chi connectivity index (χ2v) is 7.99. The number of imide groups is 1. The van der Waals surface area contributed by atoms with E-state index in [1.807, 2.05) is 0 Å². The molecule has 3 amide bonds. The lowest BCUT2D eigenvalue weighted by molar-refractivity contribution is -0.121. The van der Waals surface area contributed by atoms with Gasteiger partial charge in [-0.25, -0.2) is 0 Å². The van der Waals surface area contributed by atoms with Crippen LogP contribution in [0.5, 0.6) is 0 Å². The first kappa shape index (κ1) is 20.3. The lowest BCUT2D eigenvalue weighted by Gasteiger charge is -2.15. The summed E-state index contributed by atoms with van der Waals surface area (Å²) < 4.78 is 0. The zero-order valence-corrected chi connectivity index (χ0v) is 17.1. The van der Waals surface area contributed by atoms with Crippen molar-refractivity contribution in [3.63, 3.8) is 0 Å². The van der Waals surface area contributed by atoms with Crippen LogP contribution in [0.1, 0.15) is 57.5 Å². The topological polar surface area (TPSA) is 69.7 Å². The van der Waals surface area contributed by atoms with E-state index in [-0.39, 0.29) is 30.7 Å². The second kappa shape index (κ2) is 9.22. The Labute approximate surface area is 176 Å². The summed E-state index contributed by atoms with van der Waals surface area (Å²) in [6.45, 7) is 4.09. The van der Waals surface area contributed by atoms with Gasteiger partial charge in [0.1, 0.15) is 0 Å².